The summed E-state index contributed by atoms with van der Waals surface area (Å²) >= 11 is 0. The van der Waals surface area contributed by atoms with E-state index in [1.54, 1.807) is 0 Å². The zero-order chi connectivity index (χ0) is 20.3. The smallest absolute Gasteiger partial charge is 0.303 e. The molecule has 0 radical (unpaired) electrons. The lowest BCUT2D eigenvalue weighted by Crippen LogP contribution is -2.48. The molecule has 1 N–H and O–H groups in total. The first-order valence-corrected chi connectivity index (χ1v) is 10.2. The van der Waals surface area contributed by atoms with Crippen molar-refractivity contribution in [3.63, 3.8) is 0 Å². The highest BCUT2D eigenvalue weighted by atomic mass is 16.4. The van der Waals surface area contributed by atoms with Gasteiger partial charge in [-0.1, -0.05) is 17.2 Å². The van der Waals surface area contributed by atoms with Crippen LogP contribution in [0.4, 0.5) is 0 Å². The summed E-state index contributed by atoms with van der Waals surface area (Å²) in [5.41, 5.74) is 2.83. The Balaban J connectivity index is 1.59. The van der Waals surface area contributed by atoms with E-state index in [1.807, 2.05) is 41.8 Å². The summed E-state index contributed by atoms with van der Waals surface area (Å²) in [6, 6.07) is 5.87. The molecule has 2 aliphatic rings. The van der Waals surface area contributed by atoms with Gasteiger partial charge in [0.1, 0.15) is 0 Å². The van der Waals surface area contributed by atoms with E-state index in [1.165, 1.54) is 0 Å². The highest BCUT2D eigenvalue weighted by Crippen LogP contribution is 2.25. The second-order valence-corrected chi connectivity index (χ2v) is 8.33. The molecule has 0 bridgehead atoms. The number of hydrogen-bond acceptors (Lipinski definition) is 3. The lowest BCUT2D eigenvalue weighted by molar-refractivity contribution is -0.140. The third-order valence-electron chi connectivity index (χ3n) is 5.92. The van der Waals surface area contributed by atoms with Crippen LogP contribution in [0.15, 0.2) is 18.2 Å². The number of likely N-dealkylation sites (tertiary alicyclic amines) is 2. The Morgan fingerprint density at radius 2 is 1.61 bits per heavy atom. The Morgan fingerprint density at radius 1 is 0.964 bits per heavy atom. The number of amides is 2. The van der Waals surface area contributed by atoms with E-state index in [0.29, 0.717) is 31.7 Å². The number of nitrogens with zero attached hydrogens (tertiary/aromatic N) is 2. The number of piperidine rings is 2. The van der Waals surface area contributed by atoms with Crippen molar-refractivity contribution in [3.05, 3.63) is 34.9 Å². The van der Waals surface area contributed by atoms with Gasteiger partial charge in [0, 0.05) is 38.2 Å². The van der Waals surface area contributed by atoms with E-state index in [4.69, 9.17) is 5.11 Å². The number of benzene rings is 1. The van der Waals surface area contributed by atoms with E-state index in [-0.39, 0.29) is 30.1 Å². The molecule has 6 nitrogen and oxygen atoms in total. The zero-order valence-corrected chi connectivity index (χ0v) is 16.8. The Hall–Kier alpha value is -2.37. The summed E-state index contributed by atoms with van der Waals surface area (Å²) in [7, 11) is 0. The molecule has 152 valence electrons. The molecule has 0 saturated carbocycles. The van der Waals surface area contributed by atoms with Crippen molar-refractivity contribution in [1.82, 2.24) is 9.80 Å². The predicted octanol–water partition coefficient (Wildman–Crippen LogP) is 2.87. The van der Waals surface area contributed by atoms with E-state index in [9.17, 15) is 14.4 Å². The molecular weight excluding hydrogens is 356 g/mol. The Kier molecular flexibility index (Phi) is 6.37. The molecule has 2 heterocycles. The SMILES string of the molecule is Cc1cc(C)cc(C(=O)N2CCCC(C(=O)N3CCC(CC(=O)O)CC3)C2)c1. The molecule has 1 unspecified atom stereocenters. The van der Waals surface area contributed by atoms with Gasteiger partial charge in [0.2, 0.25) is 5.91 Å². The molecule has 1 aromatic carbocycles. The monoisotopic (exact) mass is 386 g/mol. The quantitative estimate of drug-likeness (QED) is 0.863. The van der Waals surface area contributed by atoms with Crippen LogP contribution in [0.2, 0.25) is 0 Å². The third-order valence-corrected chi connectivity index (χ3v) is 5.92. The van der Waals surface area contributed by atoms with Crippen molar-refractivity contribution >= 4 is 17.8 Å². The second kappa shape index (κ2) is 8.76. The molecule has 1 aromatic rings. The molecule has 0 aromatic heterocycles. The van der Waals surface area contributed by atoms with Crippen molar-refractivity contribution in [2.45, 2.75) is 46.0 Å². The molecular formula is C22H30N2O4. The molecule has 2 amide bonds. The van der Waals surface area contributed by atoms with Crippen LogP contribution >= 0.6 is 0 Å². The molecule has 1 atom stereocenters. The maximum absolute atomic E-state index is 13.0. The van der Waals surface area contributed by atoms with Crippen molar-refractivity contribution in [3.8, 4) is 0 Å². The van der Waals surface area contributed by atoms with Crippen LogP contribution in [-0.4, -0.2) is 58.9 Å². The van der Waals surface area contributed by atoms with Gasteiger partial charge in [-0.3, -0.25) is 14.4 Å². The van der Waals surface area contributed by atoms with Gasteiger partial charge in [-0.15, -0.1) is 0 Å². The third kappa shape index (κ3) is 4.91. The molecule has 0 aliphatic carbocycles. The fourth-order valence-corrected chi connectivity index (χ4v) is 4.51. The summed E-state index contributed by atoms with van der Waals surface area (Å²) in [5, 5.41) is 8.94. The largest absolute Gasteiger partial charge is 0.481 e. The van der Waals surface area contributed by atoms with Gasteiger partial charge in [0.25, 0.3) is 5.91 Å². The topological polar surface area (TPSA) is 77.9 Å². The standard InChI is InChI=1S/C22H30N2O4/c1-15-10-16(2)12-19(11-15)22(28)24-7-3-4-18(14-24)21(27)23-8-5-17(6-9-23)13-20(25)26/h10-12,17-18H,3-9,13-14H2,1-2H3,(H,25,26). The summed E-state index contributed by atoms with van der Waals surface area (Å²) in [5.74, 6) is -0.635. The molecule has 28 heavy (non-hydrogen) atoms. The van der Waals surface area contributed by atoms with E-state index >= 15 is 0 Å². The average Bonchev–Trinajstić information content (AvgIpc) is 2.66. The highest BCUT2D eigenvalue weighted by molar-refractivity contribution is 5.95. The molecule has 6 heteroatoms. The minimum atomic E-state index is -0.766. The fourth-order valence-electron chi connectivity index (χ4n) is 4.51. The van der Waals surface area contributed by atoms with Gasteiger partial charge < -0.3 is 14.9 Å². The molecule has 2 aliphatic heterocycles. The first-order valence-electron chi connectivity index (χ1n) is 10.2. The van der Waals surface area contributed by atoms with Crippen LogP contribution < -0.4 is 0 Å². The van der Waals surface area contributed by atoms with Gasteiger partial charge >= 0.3 is 5.97 Å². The minimum absolute atomic E-state index is 0.00414. The number of aryl methyl sites for hydroxylation is 2. The lowest BCUT2D eigenvalue weighted by atomic mass is 9.91. The summed E-state index contributed by atoms with van der Waals surface area (Å²) in [6.45, 7) is 6.38. The number of carboxylic acids is 1. The van der Waals surface area contributed by atoms with Crippen LogP contribution in [0.5, 0.6) is 0 Å². The number of carboxylic acid groups (broad SMARTS) is 1. The normalized spacial score (nSPS) is 20.9. The molecule has 2 saturated heterocycles. The molecule has 2 fully saturated rings. The predicted molar refractivity (Wildman–Crippen MR) is 106 cm³/mol. The van der Waals surface area contributed by atoms with Gasteiger partial charge in [-0.2, -0.15) is 0 Å². The summed E-state index contributed by atoms with van der Waals surface area (Å²) < 4.78 is 0. The second-order valence-electron chi connectivity index (χ2n) is 8.33. The van der Waals surface area contributed by atoms with Crippen LogP contribution in [-0.2, 0) is 9.59 Å². The van der Waals surface area contributed by atoms with E-state index in [2.05, 4.69) is 0 Å². The number of carbonyl (C=O) groups is 3. The van der Waals surface area contributed by atoms with Gasteiger partial charge in [-0.25, -0.2) is 0 Å². The first kappa shape index (κ1) is 20.4. The van der Waals surface area contributed by atoms with Gasteiger partial charge in [0.15, 0.2) is 0 Å². The Morgan fingerprint density at radius 3 is 2.21 bits per heavy atom. The highest BCUT2D eigenvalue weighted by Gasteiger charge is 2.33. The first-order chi connectivity index (χ1) is 13.3. The number of aliphatic carboxylic acids is 1. The minimum Gasteiger partial charge on any atom is -0.481 e. The zero-order valence-electron chi connectivity index (χ0n) is 16.8. The Bertz CT molecular complexity index is 733. The van der Waals surface area contributed by atoms with Gasteiger partial charge in [0.05, 0.1) is 5.92 Å². The number of hydrogen-bond donors (Lipinski definition) is 1. The Labute approximate surface area is 166 Å². The van der Waals surface area contributed by atoms with Crippen LogP contribution in [0, 0.1) is 25.7 Å². The maximum Gasteiger partial charge on any atom is 0.303 e. The van der Waals surface area contributed by atoms with Crippen LogP contribution in [0.3, 0.4) is 0 Å². The summed E-state index contributed by atoms with van der Waals surface area (Å²) in [6.07, 6.45) is 3.32. The van der Waals surface area contributed by atoms with E-state index < -0.39 is 5.97 Å². The van der Waals surface area contributed by atoms with Crippen molar-refractivity contribution in [2.24, 2.45) is 11.8 Å². The van der Waals surface area contributed by atoms with Gasteiger partial charge in [-0.05, 0) is 57.6 Å². The maximum atomic E-state index is 13.0. The summed E-state index contributed by atoms with van der Waals surface area (Å²) in [4.78, 5) is 40.5. The molecule has 3 rings (SSSR count). The van der Waals surface area contributed by atoms with Crippen LogP contribution in [0.1, 0.15) is 53.6 Å². The number of carbonyl (C=O) groups excluding carboxylic acids is 2. The lowest BCUT2D eigenvalue weighted by Gasteiger charge is -2.37. The van der Waals surface area contributed by atoms with Crippen molar-refractivity contribution in [1.29, 1.82) is 0 Å². The van der Waals surface area contributed by atoms with Crippen LogP contribution in [0.25, 0.3) is 0 Å². The van der Waals surface area contributed by atoms with Crippen molar-refractivity contribution < 1.29 is 19.5 Å². The average molecular weight is 386 g/mol. The number of rotatable bonds is 4. The molecule has 0 spiro atoms. The van der Waals surface area contributed by atoms with Crippen molar-refractivity contribution in [2.75, 3.05) is 26.2 Å². The fraction of sp³-hybridized carbons (Fsp3) is 0.591. The van der Waals surface area contributed by atoms with E-state index in [0.717, 1.165) is 36.8 Å².